The van der Waals surface area contributed by atoms with Crippen LogP contribution in [0, 0.1) is 23.4 Å². The number of fused-ring (bicyclic) bond motifs is 4. The summed E-state index contributed by atoms with van der Waals surface area (Å²) < 4.78 is 84.4. The third-order valence-corrected chi connectivity index (χ3v) is 9.90. The van der Waals surface area contributed by atoms with E-state index in [1.807, 2.05) is 11.0 Å². The molecule has 2 aliphatic rings. The van der Waals surface area contributed by atoms with Crippen LogP contribution in [-0.2, 0) is 23.1 Å². The predicted octanol–water partition coefficient (Wildman–Crippen LogP) is 4.64. The van der Waals surface area contributed by atoms with E-state index in [-0.39, 0.29) is 45.0 Å². The Balaban J connectivity index is 1.36. The van der Waals surface area contributed by atoms with Crippen LogP contribution in [0.25, 0.3) is 0 Å². The molecule has 1 amide bonds. The summed E-state index contributed by atoms with van der Waals surface area (Å²) in [7, 11) is -1.60. The molecular weight excluding hydrogens is 637 g/mol. The first-order valence-electron chi connectivity index (χ1n) is 14.7. The summed E-state index contributed by atoms with van der Waals surface area (Å²) >= 11 is 0. The molecule has 2 bridgehead atoms. The Morgan fingerprint density at radius 3 is 2.43 bits per heavy atom. The van der Waals surface area contributed by atoms with Crippen LogP contribution in [0.2, 0.25) is 0 Å². The highest BCUT2D eigenvalue weighted by Gasteiger charge is 2.36. The largest absolute Gasteiger partial charge is 0.497 e. The van der Waals surface area contributed by atoms with Crippen molar-refractivity contribution in [2.75, 3.05) is 36.9 Å². The fourth-order valence-corrected chi connectivity index (χ4v) is 7.58. The van der Waals surface area contributed by atoms with Crippen molar-refractivity contribution >= 4 is 27.3 Å². The van der Waals surface area contributed by atoms with Crippen molar-refractivity contribution in [2.24, 2.45) is 5.92 Å². The zero-order chi connectivity index (χ0) is 33.5. The van der Waals surface area contributed by atoms with Crippen molar-refractivity contribution in [1.29, 1.82) is 0 Å². The Kier molecular flexibility index (Phi) is 8.62. The van der Waals surface area contributed by atoms with Gasteiger partial charge in [0.15, 0.2) is 0 Å². The lowest BCUT2D eigenvalue weighted by molar-refractivity contribution is 0.0950. The number of methoxy groups -OCH3 is 2. The summed E-state index contributed by atoms with van der Waals surface area (Å²) in [6.45, 7) is 0.935. The van der Waals surface area contributed by atoms with Gasteiger partial charge in [0.1, 0.15) is 33.8 Å². The van der Waals surface area contributed by atoms with Gasteiger partial charge in [-0.15, -0.1) is 0 Å². The molecule has 14 heteroatoms. The molecule has 47 heavy (non-hydrogen) atoms. The van der Waals surface area contributed by atoms with E-state index in [1.165, 1.54) is 44.6 Å². The van der Waals surface area contributed by atoms with Gasteiger partial charge >= 0.3 is 0 Å². The van der Waals surface area contributed by atoms with Crippen LogP contribution in [0.4, 0.5) is 24.5 Å². The third-order valence-electron chi connectivity index (χ3n) is 8.52. The highest BCUT2D eigenvalue weighted by Crippen LogP contribution is 2.40. The minimum atomic E-state index is -4.33. The standard InChI is InChI=1S/C33H31F3N4O6S/c1-45-23-7-9-30(46-2)31(14-23)47(43,44)38-27-11-20(33(42)37-15-24-25(35)12-22(34)13-26(24)36)6-8-29(27)39-16-19-10-21(18-39)28-4-3-5-32(41)40(28)17-19/h3-9,11-14,19,21,38H,10,15-18H2,1-2H3,(H,37,42)/t19-,21+/m1/s1. The van der Waals surface area contributed by atoms with Crippen LogP contribution in [0.3, 0.4) is 0 Å². The molecule has 1 saturated heterocycles. The molecule has 0 unspecified atom stereocenters. The number of piperidine rings is 1. The molecule has 2 atom stereocenters. The Hall–Kier alpha value is -4.98. The average molecular weight is 669 g/mol. The molecule has 1 aromatic heterocycles. The lowest BCUT2D eigenvalue weighted by Gasteiger charge is -2.44. The molecule has 0 spiro atoms. The zero-order valence-electron chi connectivity index (χ0n) is 25.4. The Bertz CT molecular complexity index is 2010. The van der Waals surface area contributed by atoms with Gasteiger partial charge in [-0.3, -0.25) is 14.3 Å². The van der Waals surface area contributed by atoms with E-state index in [0.717, 1.165) is 12.1 Å². The fraction of sp³-hybridized carbons (Fsp3) is 0.273. The van der Waals surface area contributed by atoms with Crippen molar-refractivity contribution in [2.45, 2.75) is 30.3 Å². The number of hydrogen-bond donors (Lipinski definition) is 2. The number of hydrogen-bond acceptors (Lipinski definition) is 7. The normalized spacial score (nSPS) is 17.1. The molecule has 0 aliphatic carbocycles. The monoisotopic (exact) mass is 668 g/mol. The van der Waals surface area contributed by atoms with E-state index in [0.29, 0.717) is 37.5 Å². The molecule has 2 N–H and O–H groups in total. The number of amides is 1. The first-order valence-corrected chi connectivity index (χ1v) is 16.2. The predicted molar refractivity (Wildman–Crippen MR) is 168 cm³/mol. The maximum Gasteiger partial charge on any atom is 0.265 e. The summed E-state index contributed by atoms with van der Waals surface area (Å²) in [5.74, 6) is -3.70. The lowest BCUT2D eigenvalue weighted by Crippen LogP contribution is -2.47. The van der Waals surface area contributed by atoms with Crippen molar-refractivity contribution in [1.82, 2.24) is 9.88 Å². The SMILES string of the molecule is COc1ccc(OC)c(S(=O)(=O)Nc2cc(C(=O)NCc3c(F)cc(F)cc3F)ccc2N2C[C@H]3C[C@@H](C2)c2cccc(=O)n2C3)c1. The minimum Gasteiger partial charge on any atom is -0.497 e. The summed E-state index contributed by atoms with van der Waals surface area (Å²) in [5, 5.41) is 2.42. The summed E-state index contributed by atoms with van der Waals surface area (Å²) in [4.78, 5) is 27.6. The smallest absolute Gasteiger partial charge is 0.265 e. The lowest BCUT2D eigenvalue weighted by atomic mass is 9.83. The van der Waals surface area contributed by atoms with Crippen LogP contribution >= 0.6 is 0 Å². The number of nitrogens with one attached hydrogen (secondary N) is 2. The van der Waals surface area contributed by atoms with Crippen LogP contribution in [-0.4, -0.2) is 46.2 Å². The molecule has 1 fully saturated rings. The quantitative estimate of drug-likeness (QED) is 0.267. The van der Waals surface area contributed by atoms with Gasteiger partial charge in [-0.25, -0.2) is 21.6 Å². The minimum absolute atomic E-state index is 0.00101. The van der Waals surface area contributed by atoms with Gasteiger partial charge in [0.25, 0.3) is 21.5 Å². The number of benzene rings is 3. The first kappa shape index (κ1) is 32.0. The molecular formula is C33H31F3N4O6S. The summed E-state index contributed by atoms with van der Waals surface area (Å²) in [6.07, 6.45) is 0.860. The topological polar surface area (TPSA) is 119 Å². The molecule has 0 radical (unpaired) electrons. The van der Waals surface area contributed by atoms with Gasteiger partial charge in [-0.05, 0) is 48.7 Å². The number of halogens is 3. The van der Waals surface area contributed by atoms with E-state index < -0.39 is 45.5 Å². The molecule has 3 heterocycles. The number of carbonyl (C=O) groups is 1. The highest BCUT2D eigenvalue weighted by molar-refractivity contribution is 7.92. The van der Waals surface area contributed by atoms with E-state index in [2.05, 4.69) is 10.0 Å². The molecule has 246 valence electrons. The van der Waals surface area contributed by atoms with Crippen molar-refractivity contribution in [3.05, 3.63) is 111 Å². The van der Waals surface area contributed by atoms with Crippen LogP contribution in [0.15, 0.2) is 76.4 Å². The number of aromatic nitrogens is 1. The van der Waals surface area contributed by atoms with E-state index in [9.17, 15) is 31.2 Å². The van der Waals surface area contributed by atoms with E-state index in [4.69, 9.17) is 9.47 Å². The van der Waals surface area contributed by atoms with Gasteiger partial charge in [0.05, 0.1) is 25.6 Å². The number of pyridine rings is 1. The van der Waals surface area contributed by atoms with E-state index >= 15 is 0 Å². The summed E-state index contributed by atoms with van der Waals surface area (Å²) in [5.41, 5.74) is 0.874. The zero-order valence-corrected chi connectivity index (χ0v) is 26.2. The molecule has 2 aliphatic heterocycles. The number of ether oxygens (including phenoxy) is 2. The van der Waals surface area contributed by atoms with E-state index in [1.54, 1.807) is 22.8 Å². The second-order valence-electron chi connectivity index (χ2n) is 11.5. The molecule has 0 saturated carbocycles. The number of anilines is 2. The summed E-state index contributed by atoms with van der Waals surface area (Å²) in [6, 6.07) is 15.0. The molecule has 6 rings (SSSR count). The highest BCUT2D eigenvalue weighted by atomic mass is 32.2. The van der Waals surface area contributed by atoms with Gasteiger partial charge in [-0.2, -0.15) is 0 Å². The average Bonchev–Trinajstić information content (AvgIpc) is 3.04. The number of carbonyl (C=O) groups excluding carboxylic acids is 1. The number of rotatable bonds is 9. The van der Waals surface area contributed by atoms with Crippen molar-refractivity contribution < 1.29 is 35.9 Å². The molecule has 3 aromatic carbocycles. The Labute approximate surface area is 268 Å². The van der Waals surface area contributed by atoms with Crippen LogP contribution < -0.4 is 30.0 Å². The second kappa shape index (κ2) is 12.7. The number of sulfonamides is 1. The third kappa shape index (κ3) is 6.37. The van der Waals surface area contributed by atoms with Crippen molar-refractivity contribution in [3.63, 3.8) is 0 Å². The fourth-order valence-electron chi connectivity index (χ4n) is 6.33. The van der Waals surface area contributed by atoms with Crippen LogP contribution in [0.5, 0.6) is 11.5 Å². The van der Waals surface area contributed by atoms with Crippen molar-refractivity contribution in [3.8, 4) is 11.5 Å². The van der Waals surface area contributed by atoms with Gasteiger partial charge in [0, 0.05) is 73.2 Å². The maximum atomic E-state index is 14.2. The first-order chi connectivity index (χ1) is 22.5. The Morgan fingerprint density at radius 1 is 0.936 bits per heavy atom. The molecule has 10 nitrogen and oxygen atoms in total. The Morgan fingerprint density at radius 2 is 1.70 bits per heavy atom. The second-order valence-corrected chi connectivity index (χ2v) is 13.1. The van der Waals surface area contributed by atoms with Crippen LogP contribution in [0.1, 0.15) is 34.0 Å². The van der Waals surface area contributed by atoms with Gasteiger partial charge in [0.2, 0.25) is 0 Å². The number of nitrogens with zero attached hydrogens (tertiary/aromatic N) is 2. The molecule has 4 aromatic rings. The van der Waals surface area contributed by atoms with Gasteiger partial charge in [-0.1, -0.05) is 6.07 Å². The maximum absolute atomic E-state index is 14.2. The van der Waals surface area contributed by atoms with Gasteiger partial charge < -0.3 is 24.3 Å².